The summed E-state index contributed by atoms with van der Waals surface area (Å²) in [5, 5.41) is 0. The number of hydrogen-bond donors (Lipinski definition) is 0. The molecule has 0 bridgehead atoms. The van der Waals surface area contributed by atoms with E-state index in [4.69, 9.17) is 9.47 Å². The third kappa shape index (κ3) is 2.79. The van der Waals surface area contributed by atoms with Crippen LogP contribution in [0.3, 0.4) is 0 Å². The second kappa shape index (κ2) is 5.94. The van der Waals surface area contributed by atoms with Gasteiger partial charge in [-0.2, -0.15) is 0 Å². The van der Waals surface area contributed by atoms with Gasteiger partial charge in [-0.05, 0) is 48.3 Å². The van der Waals surface area contributed by atoms with Gasteiger partial charge in [-0.15, -0.1) is 0 Å². The third-order valence-corrected chi connectivity index (χ3v) is 3.22. The SMILES string of the molecule is C=CCOc1cc(C)c(OCC)c(C)c1Br. The first-order chi connectivity index (χ1) is 7.61. The summed E-state index contributed by atoms with van der Waals surface area (Å²) >= 11 is 3.53. The largest absolute Gasteiger partial charge is 0.493 e. The number of ether oxygens (including phenoxy) is 2. The molecule has 0 spiro atoms. The molecule has 0 aliphatic rings. The van der Waals surface area contributed by atoms with Gasteiger partial charge in [0.1, 0.15) is 18.1 Å². The first kappa shape index (κ1) is 13.1. The molecule has 0 atom stereocenters. The number of benzene rings is 1. The minimum atomic E-state index is 0.505. The summed E-state index contributed by atoms with van der Waals surface area (Å²) in [6, 6.07) is 1.98. The fourth-order valence-corrected chi connectivity index (χ4v) is 1.93. The van der Waals surface area contributed by atoms with Crippen molar-refractivity contribution in [3.8, 4) is 11.5 Å². The van der Waals surface area contributed by atoms with E-state index in [0.717, 1.165) is 27.1 Å². The van der Waals surface area contributed by atoms with Gasteiger partial charge >= 0.3 is 0 Å². The van der Waals surface area contributed by atoms with Crippen molar-refractivity contribution in [3.63, 3.8) is 0 Å². The van der Waals surface area contributed by atoms with Crippen LogP contribution in [0.2, 0.25) is 0 Å². The second-order valence-corrected chi connectivity index (χ2v) is 4.29. The average Bonchev–Trinajstić information content (AvgIpc) is 2.27. The van der Waals surface area contributed by atoms with Gasteiger partial charge in [-0.3, -0.25) is 0 Å². The first-order valence-electron chi connectivity index (χ1n) is 5.28. The minimum absolute atomic E-state index is 0.505. The molecule has 2 nitrogen and oxygen atoms in total. The van der Waals surface area contributed by atoms with Gasteiger partial charge in [-0.25, -0.2) is 0 Å². The lowest BCUT2D eigenvalue weighted by Gasteiger charge is -2.15. The Bertz CT molecular complexity index is 386. The maximum absolute atomic E-state index is 5.60. The molecule has 16 heavy (non-hydrogen) atoms. The molecular weight excluding hydrogens is 268 g/mol. The van der Waals surface area contributed by atoms with Crippen molar-refractivity contribution in [1.82, 2.24) is 0 Å². The van der Waals surface area contributed by atoms with Gasteiger partial charge in [0.05, 0.1) is 11.1 Å². The second-order valence-electron chi connectivity index (χ2n) is 3.49. The molecule has 1 aromatic carbocycles. The molecule has 0 saturated heterocycles. The van der Waals surface area contributed by atoms with Crippen molar-refractivity contribution >= 4 is 15.9 Å². The molecule has 0 amide bonds. The average molecular weight is 285 g/mol. The number of rotatable bonds is 5. The molecule has 0 aromatic heterocycles. The normalized spacial score (nSPS) is 10.0. The molecule has 1 aromatic rings. The Labute approximate surface area is 105 Å². The van der Waals surface area contributed by atoms with E-state index >= 15 is 0 Å². The van der Waals surface area contributed by atoms with Crippen molar-refractivity contribution in [1.29, 1.82) is 0 Å². The van der Waals surface area contributed by atoms with Crippen LogP contribution >= 0.6 is 15.9 Å². The van der Waals surface area contributed by atoms with Crippen LogP contribution in [0.1, 0.15) is 18.1 Å². The van der Waals surface area contributed by atoms with E-state index < -0.39 is 0 Å². The van der Waals surface area contributed by atoms with Crippen LogP contribution in [0.15, 0.2) is 23.2 Å². The lowest BCUT2D eigenvalue weighted by atomic mass is 10.1. The van der Waals surface area contributed by atoms with Crippen LogP contribution in [0.4, 0.5) is 0 Å². The summed E-state index contributed by atoms with van der Waals surface area (Å²) < 4.78 is 12.1. The van der Waals surface area contributed by atoms with E-state index in [1.807, 2.05) is 26.8 Å². The third-order valence-electron chi connectivity index (χ3n) is 2.24. The first-order valence-corrected chi connectivity index (χ1v) is 6.07. The molecule has 1 rings (SSSR count). The van der Waals surface area contributed by atoms with Crippen LogP contribution in [0.25, 0.3) is 0 Å². The molecule has 0 unspecified atom stereocenters. The molecule has 88 valence electrons. The lowest BCUT2D eigenvalue weighted by Crippen LogP contribution is -2.00. The number of halogens is 1. The van der Waals surface area contributed by atoms with Crippen molar-refractivity contribution in [2.45, 2.75) is 20.8 Å². The quantitative estimate of drug-likeness (QED) is 0.760. The zero-order valence-corrected chi connectivity index (χ0v) is 11.6. The molecule has 0 heterocycles. The van der Waals surface area contributed by atoms with Crippen molar-refractivity contribution in [3.05, 3.63) is 34.3 Å². The summed E-state index contributed by atoms with van der Waals surface area (Å²) in [7, 11) is 0. The smallest absolute Gasteiger partial charge is 0.134 e. The van der Waals surface area contributed by atoms with Gasteiger partial charge in [0.25, 0.3) is 0 Å². The summed E-state index contributed by atoms with van der Waals surface area (Å²) in [4.78, 5) is 0. The maximum Gasteiger partial charge on any atom is 0.134 e. The Morgan fingerprint density at radius 2 is 2.06 bits per heavy atom. The highest BCUT2D eigenvalue weighted by molar-refractivity contribution is 9.10. The number of aryl methyl sites for hydroxylation is 1. The molecule has 3 heteroatoms. The molecule has 0 aliphatic carbocycles. The van der Waals surface area contributed by atoms with Gasteiger partial charge in [0.15, 0.2) is 0 Å². The van der Waals surface area contributed by atoms with Gasteiger partial charge in [0, 0.05) is 5.56 Å². The highest BCUT2D eigenvalue weighted by Gasteiger charge is 2.12. The summed E-state index contributed by atoms with van der Waals surface area (Å²) in [5.74, 6) is 1.76. The lowest BCUT2D eigenvalue weighted by molar-refractivity contribution is 0.330. The standard InChI is InChI=1S/C13H17BrO2/c1-5-7-16-11-8-9(3)13(15-6-2)10(4)12(11)14/h5,8H,1,6-7H2,2-4H3. The summed E-state index contributed by atoms with van der Waals surface area (Å²) in [5.41, 5.74) is 2.16. The molecule has 0 N–H and O–H groups in total. The Morgan fingerprint density at radius 3 is 2.62 bits per heavy atom. The van der Waals surface area contributed by atoms with E-state index in [1.165, 1.54) is 0 Å². The van der Waals surface area contributed by atoms with Crippen molar-refractivity contribution < 1.29 is 9.47 Å². The van der Waals surface area contributed by atoms with Crippen LogP contribution in [-0.4, -0.2) is 13.2 Å². The van der Waals surface area contributed by atoms with E-state index in [2.05, 4.69) is 22.5 Å². The molecule has 0 aliphatic heterocycles. The fourth-order valence-electron chi connectivity index (χ4n) is 1.53. The van der Waals surface area contributed by atoms with E-state index in [0.29, 0.717) is 13.2 Å². The topological polar surface area (TPSA) is 18.5 Å². The monoisotopic (exact) mass is 284 g/mol. The zero-order valence-electron chi connectivity index (χ0n) is 9.97. The van der Waals surface area contributed by atoms with E-state index in [9.17, 15) is 0 Å². The Hall–Kier alpha value is -0.960. The van der Waals surface area contributed by atoms with E-state index in [-0.39, 0.29) is 0 Å². The summed E-state index contributed by atoms with van der Waals surface area (Å²) in [6.07, 6.45) is 1.73. The molecular formula is C13H17BrO2. The van der Waals surface area contributed by atoms with Crippen molar-refractivity contribution in [2.75, 3.05) is 13.2 Å². The van der Waals surface area contributed by atoms with Crippen LogP contribution < -0.4 is 9.47 Å². The zero-order chi connectivity index (χ0) is 12.1. The summed E-state index contributed by atoms with van der Waals surface area (Å²) in [6.45, 7) is 10.8. The Kier molecular flexibility index (Phi) is 4.87. The Morgan fingerprint density at radius 1 is 1.38 bits per heavy atom. The number of hydrogen-bond acceptors (Lipinski definition) is 2. The minimum Gasteiger partial charge on any atom is -0.493 e. The highest BCUT2D eigenvalue weighted by atomic mass is 79.9. The van der Waals surface area contributed by atoms with Gasteiger partial charge < -0.3 is 9.47 Å². The molecule has 0 saturated carbocycles. The molecule has 0 radical (unpaired) electrons. The predicted molar refractivity (Wildman–Crippen MR) is 70.5 cm³/mol. The van der Waals surface area contributed by atoms with Crippen molar-refractivity contribution in [2.24, 2.45) is 0 Å². The molecule has 0 fully saturated rings. The fraction of sp³-hybridized carbons (Fsp3) is 0.385. The maximum atomic E-state index is 5.60. The van der Waals surface area contributed by atoms with Crippen LogP contribution in [0, 0.1) is 13.8 Å². The highest BCUT2D eigenvalue weighted by Crippen LogP contribution is 2.37. The Balaban J connectivity index is 3.11. The van der Waals surface area contributed by atoms with Gasteiger partial charge in [0.2, 0.25) is 0 Å². The van der Waals surface area contributed by atoms with E-state index in [1.54, 1.807) is 6.08 Å². The van der Waals surface area contributed by atoms with Crippen LogP contribution in [0.5, 0.6) is 11.5 Å². The van der Waals surface area contributed by atoms with Gasteiger partial charge in [-0.1, -0.05) is 12.7 Å². The van der Waals surface area contributed by atoms with Crippen LogP contribution in [-0.2, 0) is 0 Å². The predicted octanol–water partition coefficient (Wildman–Crippen LogP) is 4.03.